The molecule has 0 amide bonds. The predicted octanol–water partition coefficient (Wildman–Crippen LogP) is 6.81. The zero-order valence-electron chi connectivity index (χ0n) is 21.2. The highest BCUT2D eigenvalue weighted by atomic mass is 19.4. The van der Waals surface area contributed by atoms with Crippen LogP contribution in [0.3, 0.4) is 0 Å². The van der Waals surface area contributed by atoms with Crippen LogP contribution in [0.4, 0.5) is 13.2 Å². The van der Waals surface area contributed by atoms with Crippen molar-refractivity contribution < 1.29 is 32.9 Å². The average Bonchev–Trinajstić information content (AvgIpc) is 3.32. The van der Waals surface area contributed by atoms with Crippen LogP contribution in [0.25, 0.3) is 11.1 Å². The predicted molar refractivity (Wildman–Crippen MR) is 139 cm³/mol. The molecule has 2 heterocycles. The highest BCUT2D eigenvalue weighted by molar-refractivity contribution is 5.98. The molecular formula is C30H30F3NO4. The molecule has 0 spiro atoms. The number of nitrogens with zero attached hydrogens (tertiary/aromatic N) is 1. The zero-order valence-corrected chi connectivity index (χ0v) is 21.2. The summed E-state index contributed by atoms with van der Waals surface area (Å²) >= 11 is 0. The van der Waals surface area contributed by atoms with Crippen LogP contribution in [-0.4, -0.2) is 47.0 Å². The maximum absolute atomic E-state index is 14.6. The molecule has 0 radical (unpaired) electrons. The lowest BCUT2D eigenvalue weighted by Crippen LogP contribution is -2.35. The molecule has 2 aliphatic rings. The van der Waals surface area contributed by atoms with Crippen molar-refractivity contribution in [2.24, 2.45) is 5.92 Å². The van der Waals surface area contributed by atoms with Crippen molar-refractivity contribution in [2.75, 3.05) is 19.7 Å². The Balaban J connectivity index is 1.50. The van der Waals surface area contributed by atoms with Gasteiger partial charge in [0.15, 0.2) is 6.10 Å². The molecule has 1 fully saturated rings. The Morgan fingerprint density at radius 2 is 1.76 bits per heavy atom. The maximum Gasteiger partial charge on any atom is 0.417 e. The van der Waals surface area contributed by atoms with Crippen LogP contribution < -0.4 is 9.47 Å². The van der Waals surface area contributed by atoms with Crippen molar-refractivity contribution in [2.45, 2.75) is 38.6 Å². The molecule has 3 aromatic rings. The van der Waals surface area contributed by atoms with E-state index in [0.717, 1.165) is 19.2 Å². The van der Waals surface area contributed by atoms with Crippen LogP contribution in [0.5, 0.6) is 23.0 Å². The number of alkyl halides is 3. The molecule has 0 saturated carbocycles. The summed E-state index contributed by atoms with van der Waals surface area (Å²) < 4.78 is 55.9. The molecule has 0 aromatic heterocycles. The fourth-order valence-electron chi connectivity index (χ4n) is 5.22. The van der Waals surface area contributed by atoms with Crippen LogP contribution in [-0.2, 0) is 0 Å². The number of phenolic OH excluding ortho intramolecular Hbond substituents is 2. The Hall–Kier alpha value is -3.65. The first kappa shape index (κ1) is 26.0. The number of likely N-dealkylation sites (tertiary alicyclic amines) is 1. The molecule has 1 unspecified atom stereocenters. The number of benzene rings is 3. The summed E-state index contributed by atoms with van der Waals surface area (Å²) in [6, 6.07) is 16.5. The average molecular weight is 526 g/mol. The van der Waals surface area contributed by atoms with Gasteiger partial charge in [0.05, 0.1) is 5.57 Å². The first-order valence-corrected chi connectivity index (χ1v) is 12.7. The summed E-state index contributed by atoms with van der Waals surface area (Å²) in [5.41, 5.74) is -0.642. The molecule has 3 atom stereocenters. The first-order valence-electron chi connectivity index (χ1n) is 12.7. The van der Waals surface area contributed by atoms with Gasteiger partial charge in [-0.25, -0.2) is 0 Å². The van der Waals surface area contributed by atoms with E-state index in [9.17, 15) is 23.4 Å². The summed E-state index contributed by atoms with van der Waals surface area (Å²) in [5.74, 6) is 0.840. The van der Waals surface area contributed by atoms with Gasteiger partial charge in [-0.05, 0) is 79.4 Å². The van der Waals surface area contributed by atoms with Gasteiger partial charge in [-0.15, -0.1) is 0 Å². The van der Waals surface area contributed by atoms with E-state index >= 15 is 0 Å². The van der Waals surface area contributed by atoms with Crippen molar-refractivity contribution in [3.05, 3.63) is 83.4 Å². The summed E-state index contributed by atoms with van der Waals surface area (Å²) in [6.45, 7) is 6.98. The minimum atomic E-state index is -4.75. The van der Waals surface area contributed by atoms with E-state index in [4.69, 9.17) is 9.47 Å². The van der Waals surface area contributed by atoms with Gasteiger partial charge in [0, 0.05) is 23.7 Å². The first-order chi connectivity index (χ1) is 18.1. The quantitative estimate of drug-likeness (QED) is 0.370. The standard InChI is InChI=1S/C30H30F3NO4/c1-18-12-13-34(16-18)19(2)17-37-24-9-6-20(7-10-24)29-27(21-4-3-5-22(35)14-21)28(30(31,32)33)25-15-23(36)8-11-26(25)38-29/h3-11,14-15,18-19,29,35-36H,12-13,16-17H2,1-2H3/t18-,19+,29?/m1/s1. The number of hydrogen-bond acceptors (Lipinski definition) is 5. The minimum absolute atomic E-state index is 0.0121. The second-order valence-electron chi connectivity index (χ2n) is 10.1. The van der Waals surface area contributed by atoms with Crippen LogP contribution in [0, 0.1) is 5.92 Å². The Kier molecular flexibility index (Phi) is 7.01. The number of fused-ring (bicyclic) bond motifs is 1. The Bertz CT molecular complexity index is 1340. The smallest absolute Gasteiger partial charge is 0.417 e. The molecule has 1 saturated heterocycles. The number of rotatable bonds is 6. The van der Waals surface area contributed by atoms with Crippen molar-refractivity contribution >= 4 is 11.1 Å². The van der Waals surface area contributed by atoms with Gasteiger partial charge in [-0.1, -0.05) is 31.2 Å². The Morgan fingerprint density at radius 1 is 1.03 bits per heavy atom. The summed E-state index contributed by atoms with van der Waals surface area (Å²) in [4.78, 5) is 2.40. The van der Waals surface area contributed by atoms with Gasteiger partial charge in [0.1, 0.15) is 29.6 Å². The van der Waals surface area contributed by atoms with Crippen LogP contribution in [0.2, 0.25) is 0 Å². The number of allylic oxidation sites excluding steroid dienone is 1. The summed E-state index contributed by atoms with van der Waals surface area (Å²) in [5, 5.41) is 20.0. The Morgan fingerprint density at radius 3 is 2.42 bits per heavy atom. The molecule has 200 valence electrons. The van der Waals surface area contributed by atoms with Gasteiger partial charge >= 0.3 is 6.18 Å². The van der Waals surface area contributed by atoms with Crippen LogP contribution >= 0.6 is 0 Å². The SMILES string of the molecule is C[C@@H]1CCN([C@@H](C)COc2ccc(C3Oc4ccc(O)cc4C(C(F)(F)F)=C3c3cccc(O)c3)cc2)C1. The van der Waals surface area contributed by atoms with E-state index in [1.54, 1.807) is 24.3 Å². The lowest BCUT2D eigenvalue weighted by molar-refractivity contribution is -0.0695. The molecular weight excluding hydrogens is 495 g/mol. The molecule has 5 nitrogen and oxygen atoms in total. The number of phenols is 2. The van der Waals surface area contributed by atoms with Crippen LogP contribution in [0.1, 0.15) is 43.1 Å². The minimum Gasteiger partial charge on any atom is -0.508 e. The third kappa shape index (κ3) is 5.31. The third-order valence-electron chi connectivity index (χ3n) is 7.20. The molecule has 0 aliphatic carbocycles. The van der Waals surface area contributed by atoms with E-state index < -0.39 is 17.9 Å². The van der Waals surface area contributed by atoms with E-state index in [1.807, 2.05) is 0 Å². The maximum atomic E-state index is 14.6. The molecule has 2 aliphatic heterocycles. The highest BCUT2D eigenvalue weighted by Gasteiger charge is 2.44. The lowest BCUT2D eigenvalue weighted by Gasteiger charge is -2.33. The molecule has 38 heavy (non-hydrogen) atoms. The number of halogens is 3. The number of ether oxygens (including phenoxy) is 2. The Labute approximate surface area is 219 Å². The molecule has 2 N–H and O–H groups in total. The zero-order chi connectivity index (χ0) is 27.0. The topological polar surface area (TPSA) is 62.2 Å². The van der Waals surface area contributed by atoms with Crippen molar-refractivity contribution in [1.82, 2.24) is 4.90 Å². The van der Waals surface area contributed by atoms with E-state index in [2.05, 4.69) is 18.7 Å². The lowest BCUT2D eigenvalue weighted by atomic mass is 9.85. The summed E-state index contributed by atoms with van der Waals surface area (Å²) in [6.07, 6.45) is -4.68. The van der Waals surface area contributed by atoms with Crippen molar-refractivity contribution in [3.63, 3.8) is 0 Å². The fourth-order valence-corrected chi connectivity index (χ4v) is 5.22. The van der Waals surface area contributed by atoms with Gasteiger partial charge in [0.2, 0.25) is 0 Å². The van der Waals surface area contributed by atoms with Gasteiger partial charge in [-0.2, -0.15) is 13.2 Å². The monoisotopic (exact) mass is 525 g/mol. The largest absolute Gasteiger partial charge is 0.508 e. The fraction of sp³-hybridized carbons (Fsp3) is 0.333. The van der Waals surface area contributed by atoms with Gasteiger partial charge < -0.3 is 19.7 Å². The molecule has 5 rings (SSSR count). The van der Waals surface area contributed by atoms with Gasteiger partial charge in [0.25, 0.3) is 0 Å². The van der Waals surface area contributed by atoms with Crippen LogP contribution in [0.15, 0.2) is 66.7 Å². The van der Waals surface area contributed by atoms with E-state index in [0.29, 0.717) is 23.8 Å². The third-order valence-corrected chi connectivity index (χ3v) is 7.20. The summed E-state index contributed by atoms with van der Waals surface area (Å²) in [7, 11) is 0. The van der Waals surface area contributed by atoms with E-state index in [1.165, 1.54) is 42.8 Å². The molecule has 0 bridgehead atoms. The normalized spacial score (nSPS) is 20.7. The second kappa shape index (κ2) is 10.3. The van der Waals surface area contributed by atoms with Gasteiger partial charge in [-0.3, -0.25) is 4.90 Å². The number of aromatic hydroxyl groups is 2. The molecule has 8 heteroatoms. The second-order valence-corrected chi connectivity index (χ2v) is 10.1. The van der Waals surface area contributed by atoms with E-state index in [-0.39, 0.29) is 40.0 Å². The van der Waals surface area contributed by atoms with Crippen molar-refractivity contribution in [1.29, 1.82) is 0 Å². The highest BCUT2D eigenvalue weighted by Crippen LogP contribution is 2.53. The molecule has 3 aromatic carbocycles. The number of hydrogen-bond donors (Lipinski definition) is 2. The van der Waals surface area contributed by atoms with Crippen molar-refractivity contribution in [3.8, 4) is 23.0 Å².